The summed E-state index contributed by atoms with van der Waals surface area (Å²) in [6.45, 7) is 2.79. The molecule has 2 rings (SSSR count). The van der Waals surface area contributed by atoms with Gasteiger partial charge in [-0.25, -0.2) is 27.9 Å². The summed E-state index contributed by atoms with van der Waals surface area (Å²) in [4.78, 5) is 10.7. The second-order valence-corrected chi connectivity index (χ2v) is 8.73. The van der Waals surface area contributed by atoms with Crippen LogP contribution in [0.3, 0.4) is 0 Å². The molecule has 2 aromatic rings. The molecule has 0 fully saturated rings. The van der Waals surface area contributed by atoms with Crippen LogP contribution in [0.2, 0.25) is 0 Å². The molecular formula is C18H20F4N6O3S. The van der Waals surface area contributed by atoms with Gasteiger partial charge in [-0.15, -0.1) is 0 Å². The fourth-order valence-corrected chi connectivity index (χ4v) is 2.84. The number of aliphatic hydroxyl groups is 1. The normalized spacial score (nSPS) is 13.6. The van der Waals surface area contributed by atoms with Gasteiger partial charge in [0.05, 0.1) is 28.4 Å². The second-order valence-electron chi connectivity index (χ2n) is 7.17. The summed E-state index contributed by atoms with van der Waals surface area (Å²) in [5.74, 6) is -1.48. The number of alkyl halides is 3. The summed E-state index contributed by atoms with van der Waals surface area (Å²) >= 11 is 0. The first-order chi connectivity index (χ1) is 14.6. The highest BCUT2D eigenvalue weighted by Gasteiger charge is 2.36. The smallest absolute Gasteiger partial charge is 0.404 e. The van der Waals surface area contributed by atoms with Gasteiger partial charge in [-0.2, -0.15) is 13.2 Å². The van der Waals surface area contributed by atoms with Crippen LogP contribution in [0.25, 0.3) is 5.57 Å². The van der Waals surface area contributed by atoms with Gasteiger partial charge in [-0.05, 0) is 32.0 Å². The van der Waals surface area contributed by atoms with Crippen molar-refractivity contribution < 1.29 is 31.1 Å². The van der Waals surface area contributed by atoms with E-state index in [4.69, 9.17) is 10.9 Å². The summed E-state index contributed by atoms with van der Waals surface area (Å²) in [5, 5.41) is 17.0. The standard InChI is InChI=1S/C18H20F4N6O3S/c1-17(2,29)9-25-7-10(6-23)15-12(18(20,21)22)8-26-16(28-15)27-14-4-3-11(5-13(14)19)32(24,30)31/h3-8,29H,9,23H2,1-2H3,(H2,24,30,31)(H,26,27,28)/b10-6+,25-7?. The number of halogens is 4. The Morgan fingerprint density at radius 3 is 2.47 bits per heavy atom. The molecule has 0 aliphatic carbocycles. The van der Waals surface area contributed by atoms with Gasteiger partial charge < -0.3 is 16.2 Å². The minimum absolute atomic E-state index is 0.122. The van der Waals surface area contributed by atoms with Crippen molar-refractivity contribution in [3.05, 3.63) is 47.7 Å². The van der Waals surface area contributed by atoms with Crippen LogP contribution in [-0.2, 0) is 16.2 Å². The van der Waals surface area contributed by atoms with E-state index in [-0.39, 0.29) is 17.8 Å². The Labute approximate surface area is 180 Å². The summed E-state index contributed by atoms with van der Waals surface area (Å²) in [7, 11) is -4.16. The number of anilines is 2. The van der Waals surface area contributed by atoms with Crippen LogP contribution in [0.15, 0.2) is 40.5 Å². The van der Waals surface area contributed by atoms with E-state index < -0.39 is 49.7 Å². The number of nitrogens with two attached hydrogens (primary N) is 2. The molecular weight excluding hydrogens is 456 g/mol. The van der Waals surface area contributed by atoms with Crippen LogP contribution in [0.4, 0.5) is 29.2 Å². The first kappa shape index (κ1) is 25.2. The van der Waals surface area contributed by atoms with Gasteiger partial charge in [0.2, 0.25) is 16.0 Å². The van der Waals surface area contributed by atoms with Crippen LogP contribution < -0.4 is 16.2 Å². The Balaban J connectivity index is 2.47. The molecule has 0 aliphatic rings. The SMILES string of the molecule is CC(C)(O)CN=C/C(=C\N)c1nc(Nc2ccc(S(N)(=O)=O)cc2F)ncc1C(F)(F)F. The summed E-state index contributed by atoms with van der Waals surface area (Å²) in [6.07, 6.45) is -2.50. The number of rotatable bonds is 7. The van der Waals surface area contributed by atoms with Gasteiger partial charge in [0.15, 0.2) is 0 Å². The van der Waals surface area contributed by atoms with Crippen molar-refractivity contribution in [1.29, 1.82) is 0 Å². The molecule has 0 unspecified atom stereocenters. The van der Waals surface area contributed by atoms with Crippen LogP contribution in [-0.4, -0.2) is 41.9 Å². The Hall–Kier alpha value is -3.10. The molecule has 0 atom stereocenters. The topological polar surface area (TPSA) is 157 Å². The number of nitrogens with zero attached hydrogens (tertiary/aromatic N) is 3. The lowest BCUT2D eigenvalue weighted by molar-refractivity contribution is -0.138. The second kappa shape index (κ2) is 9.18. The number of nitrogens with one attached hydrogen (secondary N) is 1. The minimum atomic E-state index is -4.84. The van der Waals surface area contributed by atoms with Crippen molar-refractivity contribution >= 4 is 33.4 Å². The van der Waals surface area contributed by atoms with Gasteiger partial charge >= 0.3 is 6.18 Å². The third kappa shape index (κ3) is 6.70. The van der Waals surface area contributed by atoms with Crippen LogP contribution in [0.5, 0.6) is 0 Å². The molecule has 1 heterocycles. The molecule has 0 radical (unpaired) electrons. The molecule has 1 aromatic carbocycles. The van der Waals surface area contributed by atoms with E-state index in [2.05, 4.69) is 20.3 Å². The van der Waals surface area contributed by atoms with Gasteiger partial charge in [0.25, 0.3) is 0 Å². The lowest BCUT2D eigenvalue weighted by Gasteiger charge is -2.15. The van der Waals surface area contributed by atoms with E-state index in [0.29, 0.717) is 12.3 Å². The van der Waals surface area contributed by atoms with Crippen LogP contribution in [0.1, 0.15) is 25.1 Å². The third-order valence-corrected chi connectivity index (χ3v) is 4.68. The van der Waals surface area contributed by atoms with Crippen molar-refractivity contribution in [2.24, 2.45) is 15.9 Å². The molecule has 32 heavy (non-hydrogen) atoms. The van der Waals surface area contributed by atoms with E-state index in [1.165, 1.54) is 13.8 Å². The van der Waals surface area contributed by atoms with Gasteiger partial charge in [-0.1, -0.05) is 0 Å². The minimum Gasteiger partial charge on any atom is -0.404 e. The molecule has 6 N–H and O–H groups in total. The summed E-state index contributed by atoms with van der Waals surface area (Å²) < 4.78 is 77.2. The lowest BCUT2D eigenvalue weighted by Crippen LogP contribution is -2.22. The van der Waals surface area contributed by atoms with Gasteiger partial charge in [0, 0.05) is 24.2 Å². The van der Waals surface area contributed by atoms with Crippen molar-refractivity contribution in [2.75, 3.05) is 11.9 Å². The predicted molar refractivity (Wildman–Crippen MR) is 110 cm³/mol. The highest BCUT2D eigenvalue weighted by molar-refractivity contribution is 7.89. The fourth-order valence-electron chi connectivity index (χ4n) is 2.31. The first-order valence-electron chi connectivity index (χ1n) is 8.80. The molecule has 0 bridgehead atoms. The maximum atomic E-state index is 14.2. The van der Waals surface area contributed by atoms with E-state index in [0.717, 1.165) is 24.5 Å². The van der Waals surface area contributed by atoms with E-state index in [1.807, 2.05) is 0 Å². The van der Waals surface area contributed by atoms with E-state index >= 15 is 0 Å². The van der Waals surface area contributed by atoms with Crippen LogP contribution in [0, 0.1) is 5.82 Å². The molecule has 0 spiro atoms. The average molecular weight is 476 g/mol. The highest BCUT2D eigenvalue weighted by atomic mass is 32.2. The van der Waals surface area contributed by atoms with Crippen molar-refractivity contribution in [1.82, 2.24) is 9.97 Å². The van der Waals surface area contributed by atoms with Crippen molar-refractivity contribution in [3.63, 3.8) is 0 Å². The molecule has 9 nitrogen and oxygen atoms in total. The van der Waals surface area contributed by atoms with Gasteiger partial charge in [0.1, 0.15) is 11.4 Å². The maximum Gasteiger partial charge on any atom is 0.419 e. The molecule has 0 amide bonds. The Morgan fingerprint density at radius 1 is 1.31 bits per heavy atom. The van der Waals surface area contributed by atoms with E-state index in [1.54, 1.807) is 0 Å². The zero-order valence-corrected chi connectivity index (χ0v) is 17.7. The highest BCUT2D eigenvalue weighted by Crippen LogP contribution is 2.34. The lowest BCUT2D eigenvalue weighted by atomic mass is 10.1. The molecule has 14 heteroatoms. The molecule has 1 aromatic heterocycles. The quantitative estimate of drug-likeness (QED) is 0.352. The number of primary sulfonamides is 1. The number of aliphatic imine (C=N–C) groups is 1. The first-order valence-corrected chi connectivity index (χ1v) is 10.3. The van der Waals surface area contributed by atoms with Crippen molar-refractivity contribution in [2.45, 2.75) is 30.5 Å². The number of sulfonamides is 1. The zero-order chi connectivity index (χ0) is 24.3. The number of hydrogen-bond donors (Lipinski definition) is 4. The monoisotopic (exact) mass is 476 g/mol. The average Bonchev–Trinajstić information content (AvgIpc) is 2.64. The van der Waals surface area contributed by atoms with Crippen molar-refractivity contribution in [3.8, 4) is 0 Å². The Bertz CT molecular complexity index is 1160. The Morgan fingerprint density at radius 2 is 1.97 bits per heavy atom. The molecule has 0 aliphatic heterocycles. The summed E-state index contributed by atoms with van der Waals surface area (Å²) in [6, 6.07) is 2.65. The third-order valence-electron chi connectivity index (χ3n) is 3.77. The molecule has 0 saturated heterocycles. The number of benzene rings is 1. The fraction of sp³-hybridized carbons (Fsp3) is 0.278. The number of allylic oxidation sites excluding steroid dienone is 1. The number of aromatic nitrogens is 2. The summed E-state index contributed by atoms with van der Waals surface area (Å²) in [5.41, 5.74) is 1.86. The largest absolute Gasteiger partial charge is 0.419 e. The molecule has 0 saturated carbocycles. The molecule has 174 valence electrons. The predicted octanol–water partition coefficient (Wildman–Crippen LogP) is 2.17. The Kier molecular flexibility index (Phi) is 7.22. The maximum absolute atomic E-state index is 14.2. The van der Waals surface area contributed by atoms with Gasteiger partial charge in [-0.3, -0.25) is 4.99 Å². The zero-order valence-electron chi connectivity index (χ0n) is 16.9. The van der Waals surface area contributed by atoms with E-state index in [9.17, 15) is 31.1 Å². The van der Waals surface area contributed by atoms with Crippen LogP contribution >= 0.6 is 0 Å². The number of hydrogen-bond acceptors (Lipinski definition) is 8.